The number of benzene rings is 1. The van der Waals surface area contributed by atoms with Gasteiger partial charge in [-0.3, -0.25) is 4.57 Å². The molecule has 2 heterocycles. The molecule has 0 saturated heterocycles. The predicted octanol–water partition coefficient (Wildman–Crippen LogP) is 2.68. The molecule has 1 aliphatic heterocycles. The van der Waals surface area contributed by atoms with E-state index in [2.05, 4.69) is 26.7 Å². The van der Waals surface area contributed by atoms with Gasteiger partial charge in [-0.05, 0) is 24.4 Å². The van der Waals surface area contributed by atoms with Gasteiger partial charge in [-0.1, -0.05) is 12.1 Å². The number of halogens is 3. The minimum absolute atomic E-state index is 0.0876. The SMILES string of the molecule is C=Nc1cn2c(n1)O[C@H](COC)[C@@H](NCc1ccc(OC(F)(F)F)cc1)C2. The number of hydrogen-bond donors (Lipinski definition) is 1. The highest BCUT2D eigenvalue weighted by Gasteiger charge is 2.32. The molecule has 146 valence electrons. The summed E-state index contributed by atoms with van der Waals surface area (Å²) in [7, 11) is 1.58. The van der Waals surface area contributed by atoms with Crippen molar-refractivity contribution in [2.24, 2.45) is 4.99 Å². The van der Waals surface area contributed by atoms with Crippen LogP contribution >= 0.6 is 0 Å². The maximum Gasteiger partial charge on any atom is 0.573 e. The lowest BCUT2D eigenvalue weighted by atomic mass is 10.1. The molecule has 0 bridgehead atoms. The molecule has 1 aromatic carbocycles. The quantitative estimate of drug-likeness (QED) is 0.744. The second-order valence-electron chi connectivity index (χ2n) is 5.98. The van der Waals surface area contributed by atoms with Gasteiger partial charge in [-0.15, -0.1) is 13.2 Å². The Morgan fingerprint density at radius 3 is 2.74 bits per heavy atom. The molecule has 10 heteroatoms. The van der Waals surface area contributed by atoms with Crippen LogP contribution in [0.3, 0.4) is 0 Å². The topological polar surface area (TPSA) is 69.9 Å². The van der Waals surface area contributed by atoms with Crippen LogP contribution in [0.2, 0.25) is 0 Å². The molecule has 0 spiro atoms. The van der Waals surface area contributed by atoms with E-state index in [4.69, 9.17) is 9.47 Å². The van der Waals surface area contributed by atoms with Crippen molar-refractivity contribution in [2.75, 3.05) is 13.7 Å². The fourth-order valence-electron chi connectivity index (χ4n) is 2.80. The number of alkyl halides is 3. The zero-order valence-electron chi connectivity index (χ0n) is 14.6. The van der Waals surface area contributed by atoms with Gasteiger partial charge in [0.05, 0.1) is 18.8 Å². The number of fused-ring (bicyclic) bond motifs is 1. The Morgan fingerprint density at radius 2 is 2.11 bits per heavy atom. The number of nitrogens with one attached hydrogen (secondary N) is 1. The molecule has 0 amide bonds. The van der Waals surface area contributed by atoms with Crippen molar-refractivity contribution in [3.63, 3.8) is 0 Å². The van der Waals surface area contributed by atoms with Crippen LogP contribution in [-0.4, -0.2) is 48.5 Å². The monoisotopic (exact) mass is 384 g/mol. The normalized spacial score (nSPS) is 19.3. The molecule has 0 fully saturated rings. The number of aliphatic imine (C=N–C) groups is 1. The predicted molar refractivity (Wildman–Crippen MR) is 91.5 cm³/mol. The fourth-order valence-corrected chi connectivity index (χ4v) is 2.80. The smallest absolute Gasteiger partial charge is 0.457 e. The average Bonchev–Trinajstić information content (AvgIpc) is 3.02. The van der Waals surface area contributed by atoms with Crippen LogP contribution in [0.4, 0.5) is 19.0 Å². The Labute approximate surface area is 153 Å². The van der Waals surface area contributed by atoms with Crippen LogP contribution in [0.5, 0.6) is 11.8 Å². The highest BCUT2D eigenvalue weighted by molar-refractivity contribution is 5.39. The number of imidazole rings is 1. The molecule has 2 atom stereocenters. The van der Waals surface area contributed by atoms with Gasteiger partial charge in [0, 0.05) is 20.2 Å². The maximum atomic E-state index is 12.2. The molecule has 1 aromatic heterocycles. The van der Waals surface area contributed by atoms with Crippen molar-refractivity contribution < 1.29 is 27.4 Å². The first-order valence-corrected chi connectivity index (χ1v) is 8.15. The van der Waals surface area contributed by atoms with Crippen molar-refractivity contribution in [1.82, 2.24) is 14.9 Å². The lowest BCUT2D eigenvalue weighted by Gasteiger charge is -2.32. The van der Waals surface area contributed by atoms with Crippen LogP contribution in [0.15, 0.2) is 35.5 Å². The Kier molecular flexibility index (Phi) is 5.66. The van der Waals surface area contributed by atoms with Crippen molar-refractivity contribution in [3.8, 4) is 11.8 Å². The van der Waals surface area contributed by atoms with Crippen LogP contribution < -0.4 is 14.8 Å². The summed E-state index contributed by atoms with van der Waals surface area (Å²) >= 11 is 0. The Bertz CT molecular complexity index is 777. The molecule has 7 nitrogen and oxygen atoms in total. The summed E-state index contributed by atoms with van der Waals surface area (Å²) in [5, 5.41) is 3.35. The molecule has 0 radical (unpaired) electrons. The summed E-state index contributed by atoms with van der Waals surface area (Å²) in [4.78, 5) is 8.01. The molecule has 2 aromatic rings. The van der Waals surface area contributed by atoms with E-state index >= 15 is 0 Å². The fraction of sp³-hybridized carbons (Fsp3) is 0.412. The Morgan fingerprint density at radius 1 is 1.37 bits per heavy atom. The number of ether oxygens (including phenoxy) is 3. The molecule has 27 heavy (non-hydrogen) atoms. The Balaban J connectivity index is 1.64. The van der Waals surface area contributed by atoms with Gasteiger partial charge < -0.3 is 19.5 Å². The summed E-state index contributed by atoms with van der Waals surface area (Å²) in [6.07, 6.45) is -3.23. The van der Waals surface area contributed by atoms with Gasteiger partial charge in [0.15, 0.2) is 5.82 Å². The van der Waals surface area contributed by atoms with Gasteiger partial charge in [-0.25, -0.2) is 4.99 Å². The Hall–Kier alpha value is -2.59. The number of rotatable bonds is 7. The largest absolute Gasteiger partial charge is 0.573 e. The standard InChI is InChI=1S/C17H19F3N4O3/c1-21-15-9-24-8-13(14(10-25-2)26-16(24)23-15)22-7-11-3-5-12(6-4-11)27-17(18,19)20/h3-6,9,13-14,22H,1,7-8,10H2,2H3/t13-,14+/m0/s1. The van der Waals surface area contributed by atoms with Gasteiger partial charge in [-0.2, -0.15) is 4.98 Å². The van der Waals surface area contributed by atoms with E-state index in [1.54, 1.807) is 25.4 Å². The number of nitrogens with zero attached hydrogens (tertiary/aromatic N) is 3. The van der Waals surface area contributed by atoms with Crippen LogP contribution in [0.25, 0.3) is 0 Å². The van der Waals surface area contributed by atoms with Crippen LogP contribution in [-0.2, 0) is 17.8 Å². The molecule has 1 aliphatic rings. The third-order valence-corrected chi connectivity index (χ3v) is 4.04. The summed E-state index contributed by atoms with van der Waals surface area (Å²) in [5.74, 6) is 0.221. The summed E-state index contributed by atoms with van der Waals surface area (Å²) < 4.78 is 53.4. The highest BCUT2D eigenvalue weighted by atomic mass is 19.4. The van der Waals surface area contributed by atoms with Crippen molar-refractivity contribution in [3.05, 3.63) is 36.0 Å². The summed E-state index contributed by atoms with van der Waals surface area (Å²) in [6.45, 7) is 4.84. The average molecular weight is 384 g/mol. The first-order chi connectivity index (χ1) is 12.9. The zero-order chi connectivity index (χ0) is 19.4. The van der Waals surface area contributed by atoms with Gasteiger partial charge in [0.1, 0.15) is 11.9 Å². The van der Waals surface area contributed by atoms with E-state index in [0.29, 0.717) is 31.5 Å². The van der Waals surface area contributed by atoms with Crippen molar-refractivity contribution in [2.45, 2.75) is 31.6 Å². The molecular weight excluding hydrogens is 365 g/mol. The molecular formula is C17H19F3N4O3. The number of hydrogen-bond acceptors (Lipinski definition) is 6. The second kappa shape index (κ2) is 7.97. The minimum atomic E-state index is -4.70. The summed E-state index contributed by atoms with van der Waals surface area (Å²) in [5.41, 5.74) is 0.811. The van der Waals surface area contributed by atoms with Crippen molar-refractivity contribution in [1.29, 1.82) is 0 Å². The molecule has 0 saturated carbocycles. The number of aromatic nitrogens is 2. The first kappa shape index (κ1) is 19.2. The lowest BCUT2D eigenvalue weighted by Crippen LogP contribution is -2.50. The molecule has 1 N–H and O–H groups in total. The van der Waals surface area contributed by atoms with Crippen LogP contribution in [0.1, 0.15) is 5.56 Å². The van der Waals surface area contributed by atoms with E-state index in [9.17, 15) is 13.2 Å². The maximum absolute atomic E-state index is 12.2. The zero-order valence-corrected chi connectivity index (χ0v) is 14.6. The highest BCUT2D eigenvalue weighted by Crippen LogP contribution is 2.25. The summed E-state index contributed by atoms with van der Waals surface area (Å²) in [6, 6.07) is 6.08. The van der Waals surface area contributed by atoms with E-state index < -0.39 is 6.36 Å². The van der Waals surface area contributed by atoms with Gasteiger partial charge >= 0.3 is 6.36 Å². The molecule has 0 aliphatic carbocycles. The first-order valence-electron chi connectivity index (χ1n) is 8.15. The van der Waals surface area contributed by atoms with E-state index in [-0.39, 0.29) is 17.9 Å². The van der Waals surface area contributed by atoms with Gasteiger partial charge in [0.2, 0.25) is 0 Å². The lowest BCUT2D eigenvalue weighted by molar-refractivity contribution is -0.274. The van der Waals surface area contributed by atoms with E-state index in [1.165, 1.54) is 12.1 Å². The number of methoxy groups -OCH3 is 1. The van der Waals surface area contributed by atoms with Crippen molar-refractivity contribution >= 4 is 12.5 Å². The molecule has 0 unspecified atom stereocenters. The third-order valence-electron chi connectivity index (χ3n) is 4.04. The van der Waals surface area contributed by atoms with Gasteiger partial charge in [0.25, 0.3) is 6.01 Å². The minimum Gasteiger partial charge on any atom is -0.457 e. The molecule has 3 rings (SSSR count). The third kappa shape index (κ3) is 4.98. The second-order valence-corrected chi connectivity index (χ2v) is 5.98. The van der Waals surface area contributed by atoms with E-state index in [0.717, 1.165) is 5.56 Å². The van der Waals surface area contributed by atoms with Crippen LogP contribution in [0, 0.1) is 0 Å². The van der Waals surface area contributed by atoms with E-state index in [1.807, 2.05) is 4.57 Å².